The number of anilines is 2. The van der Waals surface area contributed by atoms with E-state index in [4.69, 9.17) is 0 Å². The van der Waals surface area contributed by atoms with E-state index in [1.807, 2.05) is 0 Å². The molecule has 0 radical (unpaired) electrons. The van der Waals surface area contributed by atoms with E-state index in [1.165, 1.54) is 66.5 Å². The van der Waals surface area contributed by atoms with Gasteiger partial charge in [0.05, 0.1) is 11.4 Å². The molecule has 0 saturated heterocycles. The van der Waals surface area contributed by atoms with Crippen LogP contribution in [-0.4, -0.2) is 0 Å². The van der Waals surface area contributed by atoms with E-state index in [1.54, 1.807) is 11.8 Å². The van der Waals surface area contributed by atoms with Gasteiger partial charge in [0.1, 0.15) is 0 Å². The lowest BCUT2D eigenvalue weighted by atomic mass is 9.73. The Hall–Kier alpha value is -4.21. The van der Waals surface area contributed by atoms with Gasteiger partial charge in [0.25, 0.3) is 0 Å². The van der Waals surface area contributed by atoms with Crippen LogP contribution in [-0.2, 0) is 11.8 Å². The van der Waals surface area contributed by atoms with Crippen LogP contribution < -0.4 is 10.6 Å². The zero-order valence-electron chi connectivity index (χ0n) is 25.8. The standard InChI is InChI=1S/C40H40N2S/c1-7-8-9-16-29-24-31(33(25-29)38-28(4)43-27(3)37(42-38)32-18-11-10-15-26(32)2)23-22-30-17-14-20-35-39(30)41-36-21-13-12-19-34(36)40(35,5)6/h7-21,23-24,41-42H,4,22,25H2,1-3,5-6H3/b8-7-,16-9-,31-23-,38-33+. The molecule has 0 spiro atoms. The summed E-state index contributed by atoms with van der Waals surface area (Å²) in [6, 6.07) is 24.0. The summed E-state index contributed by atoms with van der Waals surface area (Å²) in [6.07, 6.45) is 15.0. The Morgan fingerprint density at radius 3 is 2.47 bits per heavy atom. The molecule has 0 atom stereocenters. The summed E-state index contributed by atoms with van der Waals surface area (Å²) in [5.41, 5.74) is 15.1. The first kappa shape index (κ1) is 28.9. The van der Waals surface area contributed by atoms with E-state index in [0.29, 0.717) is 0 Å². The van der Waals surface area contributed by atoms with Crippen LogP contribution in [0.15, 0.2) is 142 Å². The van der Waals surface area contributed by atoms with Crippen molar-refractivity contribution in [3.05, 3.63) is 170 Å². The van der Waals surface area contributed by atoms with Gasteiger partial charge in [0, 0.05) is 38.6 Å². The van der Waals surface area contributed by atoms with Crippen molar-refractivity contribution in [1.82, 2.24) is 5.32 Å². The van der Waals surface area contributed by atoms with Gasteiger partial charge in [-0.2, -0.15) is 0 Å². The number of para-hydroxylation sites is 2. The average Bonchev–Trinajstić information content (AvgIpc) is 3.39. The molecule has 2 N–H and O–H groups in total. The van der Waals surface area contributed by atoms with Crippen molar-refractivity contribution in [3.8, 4) is 0 Å². The molecule has 2 nitrogen and oxygen atoms in total. The van der Waals surface area contributed by atoms with Crippen molar-refractivity contribution in [2.75, 3.05) is 5.32 Å². The van der Waals surface area contributed by atoms with Crippen molar-refractivity contribution in [2.24, 2.45) is 0 Å². The van der Waals surface area contributed by atoms with Crippen LogP contribution in [0.3, 0.4) is 0 Å². The number of benzene rings is 3. The minimum atomic E-state index is -0.0668. The Labute approximate surface area is 261 Å². The second-order valence-electron chi connectivity index (χ2n) is 12.0. The van der Waals surface area contributed by atoms with E-state index in [9.17, 15) is 0 Å². The topological polar surface area (TPSA) is 24.1 Å². The molecule has 3 aromatic carbocycles. The first-order valence-corrected chi connectivity index (χ1v) is 15.9. The van der Waals surface area contributed by atoms with Crippen molar-refractivity contribution in [2.45, 2.75) is 52.9 Å². The lowest BCUT2D eigenvalue weighted by Crippen LogP contribution is -2.26. The smallest absolute Gasteiger partial charge is 0.0562 e. The number of fused-ring (bicyclic) bond motifs is 2. The van der Waals surface area contributed by atoms with E-state index in [-0.39, 0.29) is 5.41 Å². The molecule has 3 heteroatoms. The molecule has 3 aliphatic rings. The second-order valence-corrected chi connectivity index (χ2v) is 13.3. The third-order valence-corrected chi connectivity index (χ3v) is 9.74. The molecule has 0 saturated carbocycles. The fraction of sp³-hybridized carbons (Fsp3) is 0.200. The van der Waals surface area contributed by atoms with Gasteiger partial charge >= 0.3 is 0 Å². The number of nitrogens with one attached hydrogen (secondary N) is 2. The molecular formula is C40H40N2S. The highest BCUT2D eigenvalue weighted by Gasteiger charge is 2.33. The number of rotatable bonds is 5. The van der Waals surface area contributed by atoms with Gasteiger partial charge in [0.15, 0.2) is 0 Å². The van der Waals surface area contributed by atoms with E-state index in [0.717, 1.165) is 23.4 Å². The van der Waals surface area contributed by atoms with Crippen LogP contribution >= 0.6 is 11.8 Å². The Morgan fingerprint density at radius 1 is 0.884 bits per heavy atom. The van der Waals surface area contributed by atoms with Crippen LogP contribution in [0.25, 0.3) is 5.70 Å². The minimum Gasteiger partial charge on any atom is -0.355 e. The molecule has 6 rings (SSSR count). The predicted molar refractivity (Wildman–Crippen MR) is 187 cm³/mol. The lowest BCUT2D eigenvalue weighted by Gasteiger charge is -2.36. The molecule has 1 aliphatic carbocycles. The van der Waals surface area contributed by atoms with Crippen LogP contribution in [0.1, 0.15) is 61.9 Å². The summed E-state index contributed by atoms with van der Waals surface area (Å²) in [5, 5.41) is 7.64. The molecule has 43 heavy (non-hydrogen) atoms. The maximum atomic E-state index is 4.51. The maximum absolute atomic E-state index is 4.51. The molecular weight excluding hydrogens is 541 g/mol. The molecule has 0 unspecified atom stereocenters. The molecule has 0 bridgehead atoms. The number of hydrogen-bond donors (Lipinski definition) is 2. The van der Waals surface area contributed by atoms with Gasteiger partial charge in [0.2, 0.25) is 0 Å². The predicted octanol–water partition coefficient (Wildman–Crippen LogP) is 10.8. The first-order valence-electron chi connectivity index (χ1n) is 15.1. The van der Waals surface area contributed by atoms with Gasteiger partial charge in [-0.3, -0.25) is 0 Å². The van der Waals surface area contributed by atoms with Crippen molar-refractivity contribution in [1.29, 1.82) is 0 Å². The molecule has 0 aromatic heterocycles. The Balaban J connectivity index is 1.40. The zero-order valence-corrected chi connectivity index (χ0v) is 26.7. The minimum absolute atomic E-state index is 0.0668. The van der Waals surface area contributed by atoms with Crippen LogP contribution in [0.4, 0.5) is 11.4 Å². The quantitative estimate of drug-likeness (QED) is 0.294. The summed E-state index contributed by atoms with van der Waals surface area (Å²) >= 11 is 1.77. The lowest BCUT2D eigenvalue weighted by molar-refractivity contribution is 0.637. The van der Waals surface area contributed by atoms with Gasteiger partial charge in [-0.15, -0.1) is 0 Å². The number of hydrogen-bond acceptors (Lipinski definition) is 3. The SMILES string of the molecule is C=C1SC(C)=C(c2ccccc2C)N/C1=C1CC(/C=C\C=C/C)=CC\1=C\Cc1cccc2c1Nc1ccccc1C2(C)C. The Bertz CT molecular complexity index is 1810. The molecule has 0 amide bonds. The number of aryl methyl sites for hydroxylation is 1. The summed E-state index contributed by atoms with van der Waals surface area (Å²) in [6.45, 7) is 15.6. The number of thioether (sulfide) groups is 1. The first-order chi connectivity index (χ1) is 20.8. The summed E-state index contributed by atoms with van der Waals surface area (Å²) in [5.74, 6) is 0. The van der Waals surface area contributed by atoms with Crippen molar-refractivity contribution in [3.63, 3.8) is 0 Å². The summed E-state index contributed by atoms with van der Waals surface area (Å²) < 4.78 is 0. The molecule has 2 heterocycles. The monoisotopic (exact) mass is 580 g/mol. The van der Waals surface area contributed by atoms with Gasteiger partial charge in [-0.25, -0.2) is 0 Å². The third kappa shape index (κ3) is 5.50. The third-order valence-electron chi connectivity index (χ3n) is 8.78. The maximum Gasteiger partial charge on any atom is 0.0562 e. The van der Waals surface area contributed by atoms with Crippen LogP contribution in [0.2, 0.25) is 0 Å². The molecule has 0 fully saturated rings. The molecule has 2 aliphatic heterocycles. The van der Waals surface area contributed by atoms with Gasteiger partial charge in [-0.05, 0) is 72.2 Å². The summed E-state index contributed by atoms with van der Waals surface area (Å²) in [7, 11) is 0. The largest absolute Gasteiger partial charge is 0.355 e. The summed E-state index contributed by atoms with van der Waals surface area (Å²) in [4.78, 5) is 2.32. The van der Waals surface area contributed by atoms with Gasteiger partial charge < -0.3 is 10.6 Å². The second kappa shape index (κ2) is 11.8. The van der Waals surface area contributed by atoms with E-state index < -0.39 is 0 Å². The Morgan fingerprint density at radius 2 is 1.65 bits per heavy atom. The molecule has 216 valence electrons. The van der Waals surface area contributed by atoms with E-state index in [2.05, 4.69) is 155 Å². The van der Waals surface area contributed by atoms with Crippen LogP contribution in [0, 0.1) is 6.92 Å². The van der Waals surface area contributed by atoms with Crippen LogP contribution in [0.5, 0.6) is 0 Å². The average molecular weight is 581 g/mol. The normalized spacial score (nSPS) is 20.3. The van der Waals surface area contributed by atoms with E-state index >= 15 is 0 Å². The fourth-order valence-electron chi connectivity index (χ4n) is 6.46. The zero-order chi connectivity index (χ0) is 30.1. The highest BCUT2D eigenvalue weighted by Crippen LogP contribution is 2.47. The highest BCUT2D eigenvalue weighted by molar-refractivity contribution is 8.07. The van der Waals surface area contributed by atoms with Crippen molar-refractivity contribution < 1.29 is 0 Å². The van der Waals surface area contributed by atoms with Crippen molar-refractivity contribution >= 4 is 28.8 Å². The highest BCUT2D eigenvalue weighted by atomic mass is 32.2. The number of allylic oxidation sites excluding steroid dienone is 10. The molecule has 3 aromatic rings. The Kier molecular flexibility index (Phi) is 7.94. The van der Waals surface area contributed by atoms with Gasteiger partial charge in [-0.1, -0.05) is 129 Å². The fourth-order valence-corrected chi connectivity index (χ4v) is 7.36.